The van der Waals surface area contributed by atoms with Gasteiger partial charge in [-0.15, -0.1) is 0 Å². The van der Waals surface area contributed by atoms with Crippen molar-refractivity contribution in [2.75, 3.05) is 17.2 Å². The van der Waals surface area contributed by atoms with E-state index in [0.29, 0.717) is 12.3 Å². The summed E-state index contributed by atoms with van der Waals surface area (Å²) in [6.07, 6.45) is 1.40. The van der Waals surface area contributed by atoms with Crippen LogP contribution in [0.3, 0.4) is 0 Å². The molecule has 1 amide bonds. The maximum Gasteiger partial charge on any atom is 0.274 e. The summed E-state index contributed by atoms with van der Waals surface area (Å²) in [6.45, 7) is 2.45. The van der Waals surface area contributed by atoms with Crippen LogP contribution in [0, 0.1) is 17.5 Å². The fourth-order valence-electron chi connectivity index (χ4n) is 2.41. The number of aromatic nitrogens is 1. The second-order valence-electron chi connectivity index (χ2n) is 5.69. The minimum absolute atomic E-state index is 0.0277. The van der Waals surface area contributed by atoms with E-state index < -0.39 is 29.0 Å². The van der Waals surface area contributed by atoms with Crippen molar-refractivity contribution < 1.29 is 22.7 Å². The Morgan fingerprint density at radius 2 is 1.75 bits per heavy atom. The van der Waals surface area contributed by atoms with Crippen molar-refractivity contribution in [3.63, 3.8) is 0 Å². The monoisotopic (exact) mass is 387 g/mol. The number of hydrogen-bond donors (Lipinski definition) is 2. The van der Waals surface area contributed by atoms with E-state index in [-0.39, 0.29) is 5.69 Å². The van der Waals surface area contributed by atoms with Gasteiger partial charge in [0.1, 0.15) is 11.4 Å². The molecule has 0 saturated heterocycles. The van der Waals surface area contributed by atoms with Crippen LogP contribution in [0.2, 0.25) is 0 Å². The SMILES string of the molecule is CCOc1ccc(Nc2ccnc(C(=O)Nc3ccc(F)c(F)c3F)c2)cc1. The lowest BCUT2D eigenvalue weighted by Gasteiger charge is -2.10. The lowest BCUT2D eigenvalue weighted by molar-refractivity contribution is 0.102. The molecular formula is C20H16F3N3O2. The van der Waals surface area contributed by atoms with Crippen molar-refractivity contribution in [2.45, 2.75) is 6.92 Å². The lowest BCUT2D eigenvalue weighted by Crippen LogP contribution is -2.15. The molecule has 144 valence electrons. The topological polar surface area (TPSA) is 63.2 Å². The number of carbonyl (C=O) groups is 1. The molecule has 0 saturated carbocycles. The van der Waals surface area contributed by atoms with Gasteiger partial charge in [-0.2, -0.15) is 0 Å². The van der Waals surface area contributed by atoms with Crippen LogP contribution in [0.1, 0.15) is 17.4 Å². The largest absolute Gasteiger partial charge is 0.494 e. The number of carbonyl (C=O) groups excluding carboxylic acids is 1. The van der Waals surface area contributed by atoms with Gasteiger partial charge in [-0.25, -0.2) is 13.2 Å². The summed E-state index contributed by atoms with van der Waals surface area (Å²) in [5.74, 6) is -4.50. The Labute approximate surface area is 159 Å². The Morgan fingerprint density at radius 1 is 1.00 bits per heavy atom. The third kappa shape index (κ3) is 4.40. The molecule has 5 nitrogen and oxygen atoms in total. The summed E-state index contributed by atoms with van der Waals surface area (Å²) in [6, 6.07) is 12.0. The van der Waals surface area contributed by atoms with Crippen molar-refractivity contribution in [1.82, 2.24) is 4.98 Å². The maximum absolute atomic E-state index is 13.7. The van der Waals surface area contributed by atoms with Crippen LogP contribution in [0.25, 0.3) is 0 Å². The van der Waals surface area contributed by atoms with Crippen LogP contribution >= 0.6 is 0 Å². The summed E-state index contributed by atoms with van der Waals surface area (Å²) in [5.41, 5.74) is 0.818. The van der Waals surface area contributed by atoms with E-state index in [2.05, 4.69) is 15.6 Å². The molecule has 3 aromatic rings. The molecule has 0 atom stereocenters. The highest BCUT2D eigenvalue weighted by Crippen LogP contribution is 2.22. The summed E-state index contributed by atoms with van der Waals surface area (Å²) in [4.78, 5) is 16.2. The molecule has 2 aromatic carbocycles. The van der Waals surface area contributed by atoms with Gasteiger partial charge in [-0.1, -0.05) is 0 Å². The van der Waals surface area contributed by atoms with Gasteiger partial charge in [0.25, 0.3) is 5.91 Å². The average Bonchev–Trinajstić information content (AvgIpc) is 2.70. The number of halogens is 3. The van der Waals surface area contributed by atoms with Gasteiger partial charge >= 0.3 is 0 Å². The van der Waals surface area contributed by atoms with Gasteiger partial charge < -0.3 is 15.4 Å². The zero-order valence-electron chi connectivity index (χ0n) is 14.8. The fourth-order valence-corrected chi connectivity index (χ4v) is 2.41. The smallest absolute Gasteiger partial charge is 0.274 e. The molecule has 0 bridgehead atoms. The van der Waals surface area contributed by atoms with E-state index in [4.69, 9.17) is 4.74 Å². The quantitative estimate of drug-likeness (QED) is 0.591. The van der Waals surface area contributed by atoms with Gasteiger partial charge in [0.15, 0.2) is 17.5 Å². The molecule has 0 aliphatic carbocycles. The molecule has 8 heteroatoms. The van der Waals surface area contributed by atoms with Crippen molar-refractivity contribution in [1.29, 1.82) is 0 Å². The second kappa shape index (κ2) is 8.43. The normalized spacial score (nSPS) is 10.4. The summed E-state index contributed by atoms with van der Waals surface area (Å²) in [7, 11) is 0. The van der Waals surface area contributed by atoms with Crippen molar-refractivity contribution in [2.24, 2.45) is 0 Å². The van der Waals surface area contributed by atoms with Gasteiger partial charge in [-0.3, -0.25) is 9.78 Å². The number of pyridine rings is 1. The molecule has 0 aliphatic heterocycles. The third-order valence-electron chi connectivity index (χ3n) is 3.73. The Hall–Kier alpha value is -3.55. The Kier molecular flexibility index (Phi) is 5.78. The number of nitrogens with one attached hydrogen (secondary N) is 2. The standard InChI is InChI=1S/C20H16F3N3O2/c1-2-28-14-5-3-12(4-6-14)25-13-9-10-24-17(11-13)20(27)26-16-8-7-15(21)18(22)19(16)23/h3-11H,2H2,1H3,(H,24,25)(H,26,27). The van der Waals surface area contributed by atoms with Crippen LogP contribution in [0.4, 0.5) is 30.2 Å². The molecule has 0 fully saturated rings. The third-order valence-corrected chi connectivity index (χ3v) is 3.73. The zero-order valence-corrected chi connectivity index (χ0v) is 14.8. The number of nitrogens with zero attached hydrogens (tertiary/aromatic N) is 1. The molecule has 0 spiro atoms. The zero-order chi connectivity index (χ0) is 20.1. The molecule has 1 aromatic heterocycles. The predicted molar refractivity (Wildman–Crippen MR) is 99.4 cm³/mol. The number of ether oxygens (including phenoxy) is 1. The first-order valence-electron chi connectivity index (χ1n) is 8.38. The maximum atomic E-state index is 13.7. The highest BCUT2D eigenvalue weighted by molar-refractivity contribution is 6.03. The second-order valence-corrected chi connectivity index (χ2v) is 5.69. The summed E-state index contributed by atoms with van der Waals surface area (Å²) >= 11 is 0. The highest BCUT2D eigenvalue weighted by atomic mass is 19.2. The summed E-state index contributed by atoms with van der Waals surface area (Å²) < 4.78 is 45.4. The Bertz CT molecular complexity index is 994. The van der Waals surface area contributed by atoms with Crippen LogP contribution in [0.15, 0.2) is 54.7 Å². The van der Waals surface area contributed by atoms with Crippen LogP contribution in [0.5, 0.6) is 5.75 Å². The van der Waals surface area contributed by atoms with E-state index in [1.54, 1.807) is 18.2 Å². The molecule has 0 radical (unpaired) electrons. The van der Waals surface area contributed by atoms with Crippen molar-refractivity contribution >= 4 is 23.0 Å². The minimum Gasteiger partial charge on any atom is -0.494 e. The van der Waals surface area contributed by atoms with E-state index in [1.807, 2.05) is 19.1 Å². The number of anilines is 3. The Morgan fingerprint density at radius 3 is 2.46 bits per heavy atom. The van der Waals surface area contributed by atoms with Gasteiger partial charge in [0, 0.05) is 17.6 Å². The number of amides is 1. The first-order valence-corrected chi connectivity index (χ1v) is 8.38. The van der Waals surface area contributed by atoms with Gasteiger partial charge in [0.05, 0.1) is 12.3 Å². The lowest BCUT2D eigenvalue weighted by atomic mass is 10.2. The van der Waals surface area contributed by atoms with Crippen LogP contribution < -0.4 is 15.4 Å². The first kappa shape index (κ1) is 19.2. The molecule has 28 heavy (non-hydrogen) atoms. The van der Waals surface area contributed by atoms with Crippen LogP contribution in [-0.2, 0) is 0 Å². The van der Waals surface area contributed by atoms with Gasteiger partial charge in [0.2, 0.25) is 0 Å². The predicted octanol–water partition coefficient (Wildman–Crippen LogP) is 4.89. The molecule has 3 rings (SSSR count). The first-order chi connectivity index (χ1) is 13.5. The number of rotatable bonds is 6. The molecule has 0 unspecified atom stereocenters. The van der Waals surface area contributed by atoms with Crippen molar-refractivity contribution in [3.05, 3.63) is 77.9 Å². The molecule has 0 aliphatic rings. The molecular weight excluding hydrogens is 371 g/mol. The van der Waals surface area contributed by atoms with Gasteiger partial charge in [-0.05, 0) is 55.5 Å². The average molecular weight is 387 g/mol. The van der Waals surface area contributed by atoms with Crippen LogP contribution in [-0.4, -0.2) is 17.5 Å². The summed E-state index contributed by atoms with van der Waals surface area (Å²) in [5, 5.41) is 5.28. The Balaban J connectivity index is 1.73. The molecule has 2 N–H and O–H groups in total. The number of hydrogen-bond acceptors (Lipinski definition) is 4. The van der Waals surface area contributed by atoms with E-state index in [0.717, 1.165) is 23.6 Å². The minimum atomic E-state index is -1.66. The van der Waals surface area contributed by atoms with E-state index >= 15 is 0 Å². The number of benzene rings is 2. The fraction of sp³-hybridized carbons (Fsp3) is 0.100. The highest BCUT2D eigenvalue weighted by Gasteiger charge is 2.16. The molecule has 1 heterocycles. The van der Waals surface area contributed by atoms with E-state index in [1.165, 1.54) is 12.3 Å². The van der Waals surface area contributed by atoms with Crippen molar-refractivity contribution in [3.8, 4) is 5.75 Å². The van der Waals surface area contributed by atoms with E-state index in [9.17, 15) is 18.0 Å².